The number of nitrogens with zero attached hydrogens (tertiary/aromatic N) is 2. The summed E-state index contributed by atoms with van der Waals surface area (Å²) in [6.45, 7) is 15.1. The minimum absolute atomic E-state index is 0.234. The van der Waals surface area contributed by atoms with E-state index >= 15 is 0 Å². The van der Waals surface area contributed by atoms with Crippen LogP contribution < -0.4 is 5.73 Å². The molecule has 1 heterocycles. The van der Waals surface area contributed by atoms with Gasteiger partial charge in [-0.1, -0.05) is 27.7 Å². The molecule has 118 valence electrons. The number of hydrogen-bond acceptors (Lipinski definition) is 3. The van der Waals surface area contributed by atoms with E-state index < -0.39 is 0 Å². The molecular formula is C17H35N3. The largest absolute Gasteiger partial charge is 0.329 e. The molecule has 2 fully saturated rings. The second-order valence-corrected chi connectivity index (χ2v) is 7.88. The first kappa shape index (κ1) is 16.3. The van der Waals surface area contributed by atoms with Crippen LogP contribution >= 0.6 is 0 Å². The Morgan fingerprint density at radius 2 is 1.45 bits per heavy atom. The molecule has 1 saturated heterocycles. The number of hydrogen-bond donors (Lipinski definition) is 1. The van der Waals surface area contributed by atoms with E-state index in [1.165, 1.54) is 51.9 Å². The zero-order chi connectivity index (χ0) is 14.8. The lowest BCUT2D eigenvalue weighted by Gasteiger charge is -2.49. The maximum atomic E-state index is 6.29. The van der Waals surface area contributed by atoms with Crippen LogP contribution in [0, 0.1) is 11.8 Å². The molecular weight excluding hydrogens is 246 g/mol. The van der Waals surface area contributed by atoms with E-state index in [2.05, 4.69) is 37.5 Å². The summed E-state index contributed by atoms with van der Waals surface area (Å²) in [5.74, 6) is 1.44. The van der Waals surface area contributed by atoms with Gasteiger partial charge in [0.1, 0.15) is 0 Å². The molecule has 0 spiro atoms. The second-order valence-electron chi connectivity index (χ2n) is 7.88. The zero-order valence-corrected chi connectivity index (χ0v) is 14.1. The van der Waals surface area contributed by atoms with Gasteiger partial charge in [0, 0.05) is 44.3 Å². The van der Waals surface area contributed by atoms with E-state index in [4.69, 9.17) is 5.73 Å². The Morgan fingerprint density at radius 3 is 1.80 bits per heavy atom. The van der Waals surface area contributed by atoms with Gasteiger partial charge in [-0.3, -0.25) is 9.80 Å². The first-order chi connectivity index (χ1) is 9.47. The van der Waals surface area contributed by atoms with Crippen LogP contribution in [0.2, 0.25) is 0 Å². The molecule has 0 bridgehead atoms. The SMILES string of the molecule is CC(C)CC(CN)(CC(C)C)N1CCN(C2CC2)CC1. The van der Waals surface area contributed by atoms with Crippen molar-refractivity contribution in [2.45, 2.75) is 65.0 Å². The molecule has 0 unspecified atom stereocenters. The lowest BCUT2D eigenvalue weighted by atomic mass is 9.80. The van der Waals surface area contributed by atoms with Crippen LogP contribution in [0.15, 0.2) is 0 Å². The summed E-state index contributed by atoms with van der Waals surface area (Å²) in [6, 6.07) is 0.916. The first-order valence-electron chi connectivity index (χ1n) is 8.66. The molecule has 0 aromatic rings. The maximum absolute atomic E-state index is 6.29. The molecule has 2 aliphatic rings. The molecule has 2 rings (SSSR count). The third-order valence-corrected chi connectivity index (χ3v) is 5.00. The average molecular weight is 281 g/mol. The highest BCUT2D eigenvalue weighted by Gasteiger charge is 2.40. The Labute approximate surface area is 125 Å². The van der Waals surface area contributed by atoms with Gasteiger partial charge in [-0.15, -0.1) is 0 Å². The van der Waals surface area contributed by atoms with Crippen molar-refractivity contribution < 1.29 is 0 Å². The number of nitrogens with two attached hydrogens (primary N) is 1. The van der Waals surface area contributed by atoms with Crippen molar-refractivity contribution in [1.82, 2.24) is 9.80 Å². The smallest absolute Gasteiger partial charge is 0.0337 e. The molecule has 1 saturated carbocycles. The van der Waals surface area contributed by atoms with Gasteiger partial charge < -0.3 is 5.73 Å². The third kappa shape index (κ3) is 3.96. The van der Waals surface area contributed by atoms with E-state index in [1.807, 2.05) is 0 Å². The molecule has 0 atom stereocenters. The van der Waals surface area contributed by atoms with Crippen molar-refractivity contribution in [2.24, 2.45) is 17.6 Å². The third-order valence-electron chi connectivity index (χ3n) is 5.00. The molecule has 0 aromatic heterocycles. The average Bonchev–Trinajstić information content (AvgIpc) is 3.21. The van der Waals surface area contributed by atoms with Gasteiger partial charge in [0.2, 0.25) is 0 Å². The Bertz CT molecular complexity index is 279. The van der Waals surface area contributed by atoms with Crippen molar-refractivity contribution >= 4 is 0 Å². The van der Waals surface area contributed by atoms with Crippen LogP contribution in [-0.4, -0.2) is 54.1 Å². The monoisotopic (exact) mass is 281 g/mol. The van der Waals surface area contributed by atoms with Crippen molar-refractivity contribution in [3.63, 3.8) is 0 Å². The van der Waals surface area contributed by atoms with Crippen molar-refractivity contribution in [2.75, 3.05) is 32.7 Å². The van der Waals surface area contributed by atoms with Crippen LogP contribution in [0.4, 0.5) is 0 Å². The molecule has 2 N–H and O–H groups in total. The predicted molar refractivity (Wildman–Crippen MR) is 86.9 cm³/mol. The lowest BCUT2D eigenvalue weighted by Crippen LogP contribution is -2.61. The van der Waals surface area contributed by atoms with Crippen LogP contribution in [0.5, 0.6) is 0 Å². The molecule has 0 amide bonds. The highest BCUT2D eigenvalue weighted by molar-refractivity contribution is 4.97. The van der Waals surface area contributed by atoms with Gasteiger partial charge in [0.15, 0.2) is 0 Å². The standard InChI is InChI=1S/C17H35N3/c1-14(2)11-17(13-18,12-15(3)4)20-9-7-19(8-10-20)16-5-6-16/h14-16H,5-13,18H2,1-4H3. The molecule has 3 heteroatoms. The van der Waals surface area contributed by atoms with E-state index in [9.17, 15) is 0 Å². The van der Waals surface area contributed by atoms with Crippen LogP contribution in [-0.2, 0) is 0 Å². The summed E-state index contributed by atoms with van der Waals surface area (Å²) in [5.41, 5.74) is 6.52. The Morgan fingerprint density at radius 1 is 0.950 bits per heavy atom. The Balaban J connectivity index is 2.01. The summed E-state index contributed by atoms with van der Waals surface area (Å²) < 4.78 is 0. The van der Waals surface area contributed by atoms with Gasteiger partial charge in [-0.05, 0) is 37.5 Å². The van der Waals surface area contributed by atoms with E-state index in [1.54, 1.807) is 0 Å². The molecule has 20 heavy (non-hydrogen) atoms. The van der Waals surface area contributed by atoms with Crippen LogP contribution in [0.25, 0.3) is 0 Å². The topological polar surface area (TPSA) is 32.5 Å². The van der Waals surface area contributed by atoms with Crippen molar-refractivity contribution in [1.29, 1.82) is 0 Å². The van der Waals surface area contributed by atoms with Crippen molar-refractivity contribution in [3.05, 3.63) is 0 Å². The quantitative estimate of drug-likeness (QED) is 0.778. The van der Waals surface area contributed by atoms with Crippen LogP contribution in [0.1, 0.15) is 53.4 Å². The normalized spacial score (nSPS) is 22.9. The zero-order valence-electron chi connectivity index (χ0n) is 14.1. The predicted octanol–water partition coefficient (Wildman–Crippen LogP) is 2.56. The molecule has 0 radical (unpaired) electrons. The number of piperazine rings is 1. The van der Waals surface area contributed by atoms with Gasteiger partial charge in [0.05, 0.1) is 0 Å². The Hall–Kier alpha value is -0.120. The summed E-state index contributed by atoms with van der Waals surface area (Å²) in [6.07, 6.45) is 5.34. The highest BCUT2D eigenvalue weighted by atomic mass is 15.3. The summed E-state index contributed by atoms with van der Waals surface area (Å²) in [5, 5.41) is 0. The van der Waals surface area contributed by atoms with Gasteiger partial charge in [0.25, 0.3) is 0 Å². The van der Waals surface area contributed by atoms with Gasteiger partial charge >= 0.3 is 0 Å². The van der Waals surface area contributed by atoms with Crippen molar-refractivity contribution in [3.8, 4) is 0 Å². The lowest BCUT2D eigenvalue weighted by molar-refractivity contribution is 0.00829. The van der Waals surface area contributed by atoms with Gasteiger partial charge in [-0.25, -0.2) is 0 Å². The summed E-state index contributed by atoms with van der Waals surface area (Å²) in [7, 11) is 0. The fourth-order valence-corrected chi connectivity index (χ4v) is 4.16. The molecule has 1 aliphatic carbocycles. The van der Waals surface area contributed by atoms with E-state index in [0.29, 0.717) is 0 Å². The fourth-order valence-electron chi connectivity index (χ4n) is 4.16. The minimum Gasteiger partial charge on any atom is -0.329 e. The Kier molecular flexibility index (Phi) is 5.49. The second kappa shape index (κ2) is 6.76. The summed E-state index contributed by atoms with van der Waals surface area (Å²) in [4.78, 5) is 5.43. The number of rotatable bonds is 7. The van der Waals surface area contributed by atoms with E-state index in [-0.39, 0.29) is 5.54 Å². The molecule has 3 nitrogen and oxygen atoms in total. The molecule has 0 aromatic carbocycles. The molecule has 1 aliphatic heterocycles. The highest BCUT2D eigenvalue weighted by Crippen LogP contribution is 2.33. The van der Waals surface area contributed by atoms with Crippen LogP contribution in [0.3, 0.4) is 0 Å². The fraction of sp³-hybridized carbons (Fsp3) is 1.00. The van der Waals surface area contributed by atoms with Gasteiger partial charge in [-0.2, -0.15) is 0 Å². The van der Waals surface area contributed by atoms with E-state index in [0.717, 1.165) is 24.4 Å². The maximum Gasteiger partial charge on any atom is 0.0337 e. The summed E-state index contributed by atoms with van der Waals surface area (Å²) >= 11 is 0. The minimum atomic E-state index is 0.234. The first-order valence-corrected chi connectivity index (χ1v) is 8.66.